The Kier molecular flexibility index (Phi) is 7.42. The van der Waals surface area contributed by atoms with Gasteiger partial charge in [0.2, 0.25) is 11.9 Å². The summed E-state index contributed by atoms with van der Waals surface area (Å²) >= 11 is 1.54. The second-order valence-corrected chi connectivity index (χ2v) is 9.47. The highest BCUT2D eigenvalue weighted by Gasteiger charge is 2.22. The van der Waals surface area contributed by atoms with Crippen LogP contribution in [0.15, 0.2) is 53.7 Å². The molecule has 2 heterocycles. The topological polar surface area (TPSA) is 83.0 Å². The molecule has 1 aliphatic carbocycles. The van der Waals surface area contributed by atoms with Crippen molar-refractivity contribution < 1.29 is 4.79 Å². The van der Waals surface area contributed by atoms with Gasteiger partial charge in [0.05, 0.1) is 11.3 Å². The normalized spacial score (nSPS) is 18.3. The molecule has 2 aromatic heterocycles. The zero-order chi connectivity index (χ0) is 22.3. The highest BCUT2D eigenvalue weighted by Crippen LogP contribution is 2.28. The van der Waals surface area contributed by atoms with E-state index in [-0.39, 0.29) is 5.91 Å². The summed E-state index contributed by atoms with van der Waals surface area (Å²) in [5.41, 5.74) is 0.953. The molecular formula is C24H30N6OS. The molecule has 0 aliphatic heterocycles. The molecule has 0 bridgehead atoms. The van der Waals surface area contributed by atoms with E-state index in [2.05, 4.69) is 21.7 Å². The summed E-state index contributed by atoms with van der Waals surface area (Å²) in [6.07, 6.45) is 7.78. The third kappa shape index (κ3) is 5.88. The Morgan fingerprint density at radius 2 is 1.81 bits per heavy atom. The van der Waals surface area contributed by atoms with E-state index in [4.69, 9.17) is 9.97 Å². The SMILES string of the molecule is CN(C)c1nc(N[C@H]2CC[C@@H](CNC(=O)CSc3ccncc3)CC2)nc2ccccc12. The quantitative estimate of drug-likeness (QED) is 0.503. The molecule has 0 atom stereocenters. The Hall–Kier alpha value is -2.87. The van der Waals surface area contributed by atoms with Crippen LogP contribution >= 0.6 is 11.8 Å². The predicted molar refractivity (Wildman–Crippen MR) is 131 cm³/mol. The van der Waals surface area contributed by atoms with Crippen LogP contribution in [-0.2, 0) is 4.79 Å². The Labute approximate surface area is 193 Å². The van der Waals surface area contributed by atoms with Crippen molar-refractivity contribution in [1.82, 2.24) is 20.3 Å². The molecule has 3 aromatic rings. The number of hydrogen-bond donors (Lipinski definition) is 2. The van der Waals surface area contributed by atoms with Crippen LogP contribution in [0.1, 0.15) is 25.7 Å². The van der Waals surface area contributed by atoms with E-state index in [0.717, 1.165) is 53.8 Å². The fourth-order valence-corrected chi connectivity index (χ4v) is 4.77. The monoisotopic (exact) mass is 450 g/mol. The molecule has 0 radical (unpaired) electrons. The van der Waals surface area contributed by atoms with Crippen LogP contribution in [0.3, 0.4) is 0 Å². The van der Waals surface area contributed by atoms with Crippen LogP contribution in [0.4, 0.5) is 11.8 Å². The molecule has 1 aromatic carbocycles. The highest BCUT2D eigenvalue weighted by atomic mass is 32.2. The zero-order valence-corrected chi connectivity index (χ0v) is 19.4. The van der Waals surface area contributed by atoms with E-state index in [1.165, 1.54) is 0 Å². The molecule has 4 rings (SSSR count). The predicted octanol–water partition coefficient (Wildman–Crippen LogP) is 3.97. The minimum absolute atomic E-state index is 0.0906. The van der Waals surface area contributed by atoms with Gasteiger partial charge in [-0.3, -0.25) is 9.78 Å². The van der Waals surface area contributed by atoms with E-state index in [9.17, 15) is 4.79 Å². The number of pyridine rings is 1. The van der Waals surface area contributed by atoms with E-state index in [0.29, 0.717) is 23.7 Å². The molecule has 2 N–H and O–H groups in total. The summed E-state index contributed by atoms with van der Waals surface area (Å²) < 4.78 is 0. The van der Waals surface area contributed by atoms with Gasteiger partial charge in [-0.25, -0.2) is 4.98 Å². The second-order valence-electron chi connectivity index (χ2n) is 8.42. The van der Waals surface area contributed by atoms with Crippen LogP contribution in [0.2, 0.25) is 0 Å². The first kappa shape index (κ1) is 22.3. The van der Waals surface area contributed by atoms with Gasteiger partial charge >= 0.3 is 0 Å². The summed E-state index contributed by atoms with van der Waals surface area (Å²) in [5, 5.41) is 7.71. The zero-order valence-electron chi connectivity index (χ0n) is 18.6. The maximum Gasteiger partial charge on any atom is 0.230 e. The molecule has 32 heavy (non-hydrogen) atoms. The average Bonchev–Trinajstić information content (AvgIpc) is 2.82. The number of aromatic nitrogens is 3. The van der Waals surface area contributed by atoms with E-state index < -0.39 is 0 Å². The molecule has 1 fully saturated rings. The Balaban J connectivity index is 1.24. The van der Waals surface area contributed by atoms with Gasteiger partial charge in [0.15, 0.2) is 0 Å². The van der Waals surface area contributed by atoms with Gasteiger partial charge < -0.3 is 15.5 Å². The Morgan fingerprint density at radius 1 is 1.06 bits per heavy atom. The van der Waals surface area contributed by atoms with E-state index >= 15 is 0 Å². The standard InChI is InChI=1S/C24H30N6OS/c1-30(2)23-20-5-3-4-6-21(20)28-24(29-23)27-18-9-7-17(8-10-18)15-26-22(31)16-32-19-11-13-25-14-12-19/h3-6,11-14,17-18H,7-10,15-16H2,1-2H3,(H,26,31)(H,27,28,29)/t17-,18+. The van der Waals surface area contributed by atoms with Gasteiger partial charge in [-0.15, -0.1) is 11.8 Å². The molecule has 0 spiro atoms. The number of fused-ring (bicyclic) bond motifs is 1. The Morgan fingerprint density at radius 3 is 2.56 bits per heavy atom. The van der Waals surface area contributed by atoms with E-state index in [1.807, 2.05) is 49.3 Å². The molecule has 8 heteroatoms. The summed E-state index contributed by atoms with van der Waals surface area (Å²) in [6, 6.07) is 12.3. The number of nitrogens with one attached hydrogen (secondary N) is 2. The third-order valence-electron chi connectivity index (χ3n) is 5.79. The van der Waals surface area contributed by atoms with Crippen molar-refractivity contribution >= 4 is 40.3 Å². The maximum atomic E-state index is 12.2. The van der Waals surface area contributed by atoms with Crippen molar-refractivity contribution in [3.05, 3.63) is 48.8 Å². The lowest BCUT2D eigenvalue weighted by molar-refractivity contribution is -0.118. The third-order valence-corrected chi connectivity index (χ3v) is 6.81. The average molecular weight is 451 g/mol. The van der Waals surface area contributed by atoms with Crippen molar-refractivity contribution in [3.63, 3.8) is 0 Å². The first-order valence-electron chi connectivity index (χ1n) is 11.1. The lowest BCUT2D eigenvalue weighted by Gasteiger charge is -2.29. The number of amides is 1. The van der Waals surface area contributed by atoms with Crippen LogP contribution in [-0.4, -0.2) is 53.3 Å². The molecule has 1 saturated carbocycles. The molecule has 1 aliphatic rings. The summed E-state index contributed by atoms with van der Waals surface area (Å²) in [5.74, 6) is 2.68. The van der Waals surface area contributed by atoms with Crippen LogP contribution in [0.25, 0.3) is 10.9 Å². The number of anilines is 2. The molecule has 0 saturated heterocycles. The van der Waals surface area contributed by atoms with Crippen LogP contribution in [0.5, 0.6) is 0 Å². The molecule has 7 nitrogen and oxygen atoms in total. The van der Waals surface area contributed by atoms with Crippen molar-refractivity contribution in [1.29, 1.82) is 0 Å². The van der Waals surface area contributed by atoms with Gasteiger partial charge in [-0.1, -0.05) is 12.1 Å². The summed E-state index contributed by atoms with van der Waals surface area (Å²) in [6.45, 7) is 0.750. The van der Waals surface area contributed by atoms with Crippen molar-refractivity contribution in [2.45, 2.75) is 36.6 Å². The van der Waals surface area contributed by atoms with E-state index in [1.54, 1.807) is 24.2 Å². The number of para-hydroxylation sites is 1. The fraction of sp³-hybridized carbons (Fsp3) is 0.417. The minimum Gasteiger partial charge on any atom is -0.362 e. The first-order valence-corrected chi connectivity index (χ1v) is 12.1. The van der Waals surface area contributed by atoms with Crippen molar-refractivity contribution in [2.75, 3.05) is 36.6 Å². The van der Waals surface area contributed by atoms with Gasteiger partial charge in [0, 0.05) is 49.4 Å². The number of hydrogen-bond acceptors (Lipinski definition) is 7. The number of benzene rings is 1. The van der Waals surface area contributed by atoms with Crippen LogP contribution < -0.4 is 15.5 Å². The lowest BCUT2D eigenvalue weighted by Crippen LogP contribution is -2.35. The Bertz CT molecular complexity index is 1040. The summed E-state index contributed by atoms with van der Waals surface area (Å²) in [4.78, 5) is 28.8. The molecule has 168 valence electrons. The van der Waals surface area contributed by atoms with Crippen molar-refractivity contribution in [3.8, 4) is 0 Å². The van der Waals surface area contributed by atoms with Gasteiger partial charge in [-0.05, 0) is 55.9 Å². The fourth-order valence-electron chi connectivity index (χ4n) is 4.05. The van der Waals surface area contributed by atoms with Crippen molar-refractivity contribution in [2.24, 2.45) is 5.92 Å². The largest absolute Gasteiger partial charge is 0.362 e. The minimum atomic E-state index is 0.0906. The highest BCUT2D eigenvalue weighted by molar-refractivity contribution is 8.00. The number of carbonyl (C=O) groups is 1. The molecule has 1 amide bonds. The number of carbonyl (C=O) groups excluding carboxylic acids is 1. The molecular weight excluding hydrogens is 420 g/mol. The smallest absolute Gasteiger partial charge is 0.230 e. The lowest BCUT2D eigenvalue weighted by atomic mass is 9.86. The maximum absolute atomic E-state index is 12.2. The first-order chi connectivity index (χ1) is 15.6. The summed E-state index contributed by atoms with van der Waals surface area (Å²) in [7, 11) is 4.02. The van der Waals surface area contributed by atoms with Gasteiger partial charge in [0.1, 0.15) is 5.82 Å². The number of rotatable bonds is 8. The number of nitrogens with zero attached hydrogens (tertiary/aromatic N) is 4. The number of thioether (sulfide) groups is 1. The molecule has 0 unspecified atom stereocenters. The van der Waals surface area contributed by atoms with Crippen LogP contribution in [0, 0.1) is 5.92 Å². The second kappa shape index (κ2) is 10.6. The van der Waals surface area contributed by atoms with Gasteiger partial charge in [-0.2, -0.15) is 4.98 Å². The van der Waals surface area contributed by atoms with Gasteiger partial charge in [0.25, 0.3) is 0 Å².